The van der Waals surface area contributed by atoms with Crippen molar-refractivity contribution in [3.63, 3.8) is 0 Å². The van der Waals surface area contributed by atoms with Gasteiger partial charge in [-0.3, -0.25) is 4.72 Å². The molecule has 0 unspecified atom stereocenters. The maximum Gasteiger partial charge on any atom is 0.516 e. The summed E-state index contributed by atoms with van der Waals surface area (Å²) in [7, 11) is -5.57. The highest BCUT2D eigenvalue weighted by Crippen LogP contribution is 2.29. The Morgan fingerprint density at radius 2 is 1.71 bits per heavy atom. The van der Waals surface area contributed by atoms with Gasteiger partial charge in [0.1, 0.15) is 12.3 Å². The molecule has 9 heteroatoms. The van der Waals surface area contributed by atoms with Crippen LogP contribution in [0.1, 0.15) is 37.5 Å². The summed E-state index contributed by atoms with van der Waals surface area (Å²) in [6.07, 6.45) is 0. The second-order valence-electron chi connectivity index (χ2n) is 5.32. The zero-order chi connectivity index (χ0) is 21.4. The maximum absolute atomic E-state index is 12.8. The molecule has 0 bridgehead atoms. The number of hydrogen-bond acceptors (Lipinski definition) is 4. The van der Waals surface area contributed by atoms with E-state index in [1.54, 1.807) is 55.0 Å². The van der Waals surface area contributed by atoms with Crippen molar-refractivity contribution in [2.75, 3.05) is 11.3 Å². The van der Waals surface area contributed by atoms with Crippen molar-refractivity contribution in [3.8, 4) is 0 Å². The average Bonchev–Trinajstić information content (AvgIpc) is 2.65. The van der Waals surface area contributed by atoms with Crippen molar-refractivity contribution in [3.05, 3.63) is 65.2 Å². The van der Waals surface area contributed by atoms with Gasteiger partial charge in [-0.2, -0.15) is 21.6 Å². The molecule has 0 atom stereocenters. The summed E-state index contributed by atoms with van der Waals surface area (Å²) in [5.74, 6) is 0. The van der Waals surface area contributed by atoms with Gasteiger partial charge in [-0.1, -0.05) is 61.0 Å². The fourth-order valence-corrected chi connectivity index (χ4v) is 2.71. The first kappa shape index (κ1) is 23.5. The molecule has 0 aliphatic carbocycles. The van der Waals surface area contributed by atoms with Crippen molar-refractivity contribution < 1.29 is 26.4 Å². The summed E-state index contributed by atoms with van der Waals surface area (Å²) < 4.78 is 62.9. The van der Waals surface area contributed by atoms with Crippen LogP contribution in [0.25, 0.3) is 0 Å². The molecule has 0 aliphatic heterocycles. The summed E-state index contributed by atoms with van der Waals surface area (Å²) in [5.41, 5.74) is -3.99. The minimum Gasteiger partial charge on any atom is -0.396 e. The van der Waals surface area contributed by atoms with Gasteiger partial charge in [0.15, 0.2) is 0 Å². The third kappa shape index (κ3) is 5.98. The van der Waals surface area contributed by atoms with Crippen LogP contribution in [0.4, 0.5) is 18.9 Å². The van der Waals surface area contributed by atoms with Crippen molar-refractivity contribution in [2.45, 2.75) is 33.2 Å². The van der Waals surface area contributed by atoms with Gasteiger partial charge in [0.25, 0.3) is 0 Å². The molecular weight excluding hydrogens is 393 g/mol. The molecule has 0 aliphatic rings. The molecule has 0 heterocycles. The zero-order valence-corrected chi connectivity index (χ0v) is 16.9. The van der Waals surface area contributed by atoms with Crippen molar-refractivity contribution in [1.29, 1.82) is 0 Å². The first-order valence-corrected chi connectivity index (χ1v) is 10.1. The standard InChI is InChI=1S/C17H17F3N2O3S.C2H6/c1-3-25-21-16(13-7-5-4-6-8-13)14-11-12(2)9-10-15(14)22-26(23,24)17(18,19)20;1-2/h4-11,22H,3H2,1-2H3;1-2H3/b21-16+;. The smallest absolute Gasteiger partial charge is 0.396 e. The third-order valence-electron chi connectivity index (χ3n) is 3.31. The van der Waals surface area contributed by atoms with Gasteiger partial charge in [0, 0.05) is 11.1 Å². The van der Waals surface area contributed by atoms with Crippen LogP contribution in [-0.4, -0.2) is 26.2 Å². The summed E-state index contributed by atoms with van der Waals surface area (Å²) in [6, 6.07) is 12.9. The molecule has 0 aromatic heterocycles. The fraction of sp³-hybridized carbons (Fsp3) is 0.316. The molecule has 1 N–H and O–H groups in total. The molecule has 2 aromatic carbocycles. The molecule has 28 heavy (non-hydrogen) atoms. The average molecular weight is 416 g/mol. The fourth-order valence-electron chi connectivity index (χ4n) is 2.13. The van der Waals surface area contributed by atoms with Gasteiger partial charge in [-0.25, -0.2) is 0 Å². The van der Waals surface area contributed by atoms with Crippen LogP contribution in [0, 0.1) is 6.92 Å². The molecule has 0 amide bonds. The predicted molar refractivity (Wildman–Crippen MR) is 105 cm³/mol. The summed E-state index contributed by atoms with van der Waals surface area (Å²) in [4.78, 5) is 5.09. The molecule has 154 valence electrons. The van der Waals surface area contributed by atoms with Gasteiger partial charge < -0.3 is 4.84 Å². The molecule has 2 rings (SSSR count). The molecule has 0 radical (unpaired) electrons. The number of alkyl halides is 3. The molecular formula is C19H23F3N2O3S. The lowest BCUT2D eigenvalue weighted by molar-refractivity contribution is -0.0429. The lowest BCUT2D eigenvalue weighted by Gasteiger charge is -2.16. The Hall–Kier alpha value is -2.55. The van der Waals surface area contributed by atoms with E-state index in [2.05, 4.69) is 5.16 Å². The molecule has 0 saturated carbocycles. The molecule has 0 fully saturated rings. The van der Waals surface area contributed by atoms with Crippen LogP contribution in [0.3, 0.4) is 0 Å². The van der Waals surface area contributed by atoms with E-state index in [-0.39, 0.29) is 23.6 Å². The van der Waals surface area contributed by atoms with Crippen molar-refractivity contribution in [1.82, 2.24) is 0 Å². The van der Waals surface area contributed by atoms with Gasteiger partial charge in [0.2, 0.25) is 0 Å². The van der Waals surface area contributed by atoms with Crippen molar-refractivity contribution in [2.24, 2.45) is 5.16 Å². The lowest BCUT2D eigenvalue weighted by Crippen LogP contribution is -2.30. The maximum atomic E-state index is 12.8. The number of benzene rings is 2. The second kappa shape index (κ2) is 10.1. The first-order valence-electron chi connectivity index (χ1n) is 8.61. The van der Waals surface area contributed by atoms with Gasteiger partial charge in [0.05, 0.1) is 5.69 Å². The minimum absolute atomic E-state index is 0.178. The number of anilines is 1. The normalized spacial score (nSPS) is 12.0. The molecule has 5 nitrogen and oxygen atoms in total. The Balaban J connectivity index is 0.00000190. The first-order chi connectivity index (χ1) is 13.2. The summed E-state index contributed by atoms with van der Waals surface area (Å²) in [6.45, 7) is 7.68. The Morgan fingerprint density at radius 1 is 1.11 bits per heavy atom. The highest BCUT2D eigenvalue weighted by Gasteiger charge is 2.46. The highest BCUT2D eigenvalue weighted by molar-refractivity contribution is 7.93. The predicted octanol–water partition coefficient (Wildman–Crippen LogP) is 5.07. The van der Waals surface area contributed by atoms with E-state index in [0.29, 0.717) is 5.56 Å². The summed E-state index contributed by atoms with van der Waals surface area (Å²) >= 11 is 0. The van der Waals surface area contributed by atoms with E-state index in [1.807, 2.05) is 13.8 Å². The Labute approximate surface area is 163 Å². The van der Waals surface area contributed by atoms with Crippen molar-refractivity contribution >= 4 is 21.4 Å². The van der Waals surface area contributed by atoms with E-state index in [0.717, 1.165) is 5.56 Å². The molecule has 2 aromatic rings. The van der Waals surface area contributed by atoms with Crippen LogP contribution >= 0.6 is 0 Å². The van der Waals surface area contributed by atoms with Gasteiger partial charge in [-0.15, -0.1) is 0 Å². The zero-order valence-electron chi connectivity index (χ0n) is 16.0. The second-order valence-corrected chi connectivity index (χ2v) is 7.00. The number of sulfonamides is 1. The van der Waals surface area contributed by atoms with Crippen LogP contribution < -0.4 is 4.72 Å². The van der Waals surface area contributed by atoms with E-state index in [1.165, 1.54) is 12.1 Å². The highest BCUT2D eigenvalue weighted by atomic mass is 32.2. The van der Waals surface area contributed by atoms with Crippen LogP contribution in [0.5, 0.6) is 0 Å². The van der Waals surface area contributed by atoms with Crippen LogP contribution in [0.2, 0.25) is 0 Å². The number of nitrogens with zero attached hydrogens (tertiary/aromatic N) is 1. The van der Waals surface area contributed by atoms with E-state index < -0.39 is 15.5 Å². The van der Waals surface area contributed by atoms with E-state index in [4.69, 9.17) is 4.84 Å². The monoisotopic (exact) mass is 416 g/mol. The number of aryl methyl sites for hydroxylation is 1. The number of hydrogen-bond donors (Lipinski definition) is 1. The van der Waals surface area contributed by atoms with E-state index in [9.17, 15) is 21.6 Å². The number of nitrogens with one attached hydrogen (secondary N) is 1. The minimum atomic E-state index is -5.57. The Bertz CT molecular complexity index is 896. The summed E-state index contributed by atoms with van der Waals surface area (Å²) in [5, 5.41) is 3.98. The van der Waals surface area contributed by atoms with Gasteiger partial charge in [-0.05, 0) is 26.0 Å². The SMILES string of the molecule is CC.CCO/N=C(\c1ccccc1)c1cc(C)ccc1NS(=O)(=O)C(F)(F)F. The Kier molecular flexibility index (Phi) is 8.49. The van der Waals surface area contributed by atoms with E-state index >= 15 is 0 Å². The number of oxime groups is 1. The third-order valence-corrected chi connectivity index (χ3v) is 4.41. The number of halogens is 3. The molecule has 0 saturated heterocycles. The lowest BCUT2D eigenvalue weighted by atomic mass is 9.99. The van der Waals surface area contributed by atoms with Crippen LogP contribution in [0.15, 0.2) is 53.7 Å². The van der Waals surface area contributed by atoms with Crippen LogP contribution in [-0.2, 0) is 14.9 Å². The topological polar surface area (TPSA) is 67.8 Å². The van der Waals surface area contributed by atoms with Gasteiger partial charge >= 0.3 is 15.5 Å². The largest absolute Gasteiger partial charge is 0.516 e. The molecule has 0 spiro atoms. The Morgan fingerprint density at radius 3 is 2.25 bits per heavy atom. The quantitative estimate of drug-likeness (QED) is 0.528. The number of rotatable bonds is 6.